The molecule has 152 valence electrons. The number of thiazole rings is 1. The molecule has 0 radical (unpaired) electrons. The lowest BCUT2D eigenvalue weighted by Crippen LogP contribution is -2.40. The second kappa shape index (κ2) is 8.16. The van der Waals surface area contributed by atoms with E-state index in [0.717, 1.165) is 46.0 Å². The van der Waals surface area contributed by atoms with Crippen molar-refractivity contribution in [3.05, 3.63) is 57.3 Å². The molecule has 0 bridgehead atoms. The van der Waals surface area contributed by atoms with Gasteiger partial charge in [-0.15, -0.1) is 11.3 Å². The predicted octanol–water partition coefficient (Wildman–Crippen LogP) is 4.94. The Morgan fingerprint density at radius 1 is 1.34 bits per heavy atom. The molecule has 0 saturated heterocycles. The normalized spacial score (nSPS) is 16.9. The first-order valence-corrected chi connectivity index (χ1v) is 10.9. The Hall–Kier alpha value is -2.38. The summed E-state index contributed by atoms with van der Waals surface area (Å²) in [5, 5.41) is 12.2. The number of fused-ring (bicyclic) bond motifs is 1. The average Bonchev–Trinajstić information content (AvgIpc) is 3.26. The van der Waals surface area contributed by atoms with E-state index in [1.807, 2.05) is 56.0 Å². The number of carbonyl (C=O) groups excluding carboxylic acids is 1. The lowest BCUT2D eigenvalue weighted by atomic mass is 9.93. The third kappa shape index (κ3) is 4.16. The quantitative estimate of drug-likeness (QED) is 0.616. The van der Waals surface area contributed by atoms with Crippen LogP contribution in [0, 0.1) is 6.92 Å². The molecule has 6 nitrogen and oxygen atoms in total. The number of aryl methyl sites for hydroxylation is 2. The van der Waals surface area contributed by atoms with Gasteiger partial charge in [0.25, 0.3) is 0 Å². The Morgan fingerprint density at radius 3 is 2.86 bits per heavy atom. The van der Waals surface area contributed by atoms with Crippen molar-refractivity contribution in [3.8, 4) is 10.6 Å². The van der Waals surface area contributed by atoms with Crippen LogP contribution in [0.3, 0.4) is 0 Å². The van der Waals surface area contributed by atoms with Crippen molar-refractivity contribution in [1.82, 2.24) is 25.4 Å². The minimum Gasteiger partial charge on any atom is -0.331 e. The van der Waals surface area contributed by atoms with Crippen molar-refractivity contribution in [2.45, 2.75) is 45.2 Å². The summed E-state index contributed by atoms with van der Waals surface area (Å²) in [6.07, 6.45) is 4.86. The fourth-order valence-corrected chi connectivity index (χ4v) is 5.04. The number of nitrogens with zero attached hydrogens (tertiary/aromatic N) is 3. The summed E-state index contributed by atoms with van der Waals surface area (Å²) >= 11 is 7.58. The molecule has 2 aromatic heterocycles. The smallest absolute Gasteiger partial charge is 0.315 e. The van der Waals surface area contributed by atoms with E-state index in [2.05, 4.69) is 20.7 Å². The maximum Gasteiger partial charge on any atom is 0.315 e. The highest BCUT2D eigenvalue weighted by Crippen LogP contribution is 2.33. The van der Waals surface area contributed by atoms with E-state index >= 15 is 0 Å². The third-order valence-electron chi connectivity index (χ3n) is 5.35. The van der Waals surface area contributed by atoms with E-state index in [9.17, 15) is 4.79 Å². The zero-order chi connectivity index (χ0) is 20.5. The van der Waals surface area contributed by atoms with Gasteiger partial charge in [0.2, 0.25) is 0 Å². The number of rotatable bonds is 4. The van der Waals surface area contributed by atoms with E-state index in [1.54, 1.807) is 11.3 Å². The van der Waals surface area contributed by atoms with Crippen molar-refractivity contribution in [1.29, 1.82) is 0 Å². The number of benzene rings is 1. The van der Waals surface area contributed by atoms with E-state index in [4.69, 9.17) is 11.6 Å². The predicted molar refractivity (Wildman–Crippen MR) is 116 cm³/mol. The second-order valence-electron chi connectivity index (χ2n) is 7.43. The second-order valence-corrected chi connectivity index (χ2v) is 8.90. The molecule has 2 unspecified atom stereocenters. The van der Waals surface area contributed by atoms with Gasteiger partial charge in [-0.05, 0) is 45.2 Å². The number of hydrogen-bond acceptors (Lipinski definition) is 4. The molecule has 29 heavy (non-hydrogen) atoms. The standard InChI is InChI=1S/C21H24ClN5OS/c1-12-19(29-20(24-12)14-7-9-15(22)10-8-14)13(2)25-21(28)26-17-5-4-6-18-16(17)11-23-27(18)3/h7-11,13,17H,4-6H2,1-3H3,(H2,25,26,28). The molecule has 3 aromatic rings. The highest BCUT2D eigenvalue weighted by molar-refractivity contribution is 7.15. The van der Waals surface area contributed by atoms with Crippen molar-refractivity contribution < 1.29 is 4.79 Å². The van der Waals surface area contributed by atoms with Crippen LogP contribution in [0.1, 0.15) is 53.7 Å². The van der Waals surface area contributed by atoms with Gasteiger partial charge in [-0.25, -0.2) is 9.78 Å². The summed E-state index contributed by atoms with van der Waals surface area (Å²) in [4.78, 5) is 18.4. The van der Waals surface area contributed by atoms with Gasteiger partial charge in [0, 0.05) is 28.9 Å². The third-order valence-corrected chi connectivity index (χ3v) is 6.99. The van der Waals surface area contributed by atoms with Crippen molar-refractivity contribution in [3.63, 3.8) is 0 Å². The Morgan fingerprint density at radius 2 is 2.10 bits per heavy atom. The number of halogens is 1. The first-order valence-electron chi connectivity index (χ1n) is 9.73. The number of urea groups is 1. The minimum absolute atomic E-state index is 0.00633. The maximum absolute atomic E-state index is 12.7. The fourth-order valence-electron chi connectivity index (χ4n) is 3.84. The van der Waals surface area contributed by atoms with Gasteiger partial charge >= 0.3 is 6.03 Å². The highest BCUT2D eigenvalue weighted by Gasteiger charge is 2.25. The van der Waals surface area contributed by atoms with E-state index in [0.29, 0.717) is 5.02 Å². The van der Waals surface area contributed by atoms with Crippen LogP contribution >= 0.6 is 22.9 Å². The van der Waals surface area contributed by atoms with Crippen LogP contribution in [0.2, 0.25) is 5.02 Å². The molecule has 2 atom stereocenters. The monoisotopic (exact) mass is 429 g/mol. The van der Waals surface area contributed by atoms with Crippen LogP contribution in [-0.4, -0.2) is 20.8 Å². The van der Waals surface area contributed by atoms with Crippen molar-refractivity contribution in [2.24, 2.45) is 7.05 Å². The molecule has 4 rings (SSSR count). The van der Waals surface area contributed by atoms with Crippen LogP contribution in [0.5, 0.6) is 0 Å². The van der Waals surface area contributed by atoms with Gasteiger partial charge in [-0.3, -0.25) is 4.68 Å². The number of amides is 2. The molecule has 0 saturated carbocycles. The minimum atomic E-state index is -0.167. The lowest BCUT2D eigenvalue weighted by Gasteiger charge is -2.24. The molecule has 0 fully saturated rings. The highest BCUT2D eigenvalue weighted by atomic mass is 35.5. The molecular formula is C21H24ClN5OS. The van der Waals surface area contributed by atoms with E-state index < -0.39 is 0 Å². The molecule has 1 aliphatic carbocycles. The molecular weight excluding hydrogens is 406 g/mol. The van der Waals surface area contributed by atoms with Gasteiger partial charge in [-0.1, -0.05) is 23.7 Å². The van der Waals surface area contributed by atoms with Gasteiger partial charge < -0.3 is 10.6 Å². The molecule has 8 heteroatoms. The summed E-state index contributed by atoms with van der Waals surface area (Å²) in [7, 11) is 1.95. The maximum atomic E-state index is 12.7. The first-order chi connectivity index (χ1) is 13.9. The molecule has 2 amide bonds. The van der Waals surface area contributed by atoms with Crippen LogP contribution in [-0.2, 0) is 13.5 Å². The summed E-state index contributed by atoms with van der Waals surface area (Å²) in [6.45, 7) is 3.96. The SMILES string of the molecule is Cc1nc(-c2ccc(Cl)cc2)sc1C(C)NC(=O)NC1CCCc2c1cnn2C. The van der Waals surface area contributed by atoms with Gasteiger partial charge in [0.05, 0.1) is 28.9 Å². The van der Waals surface area contributed by atoms with E-state index in [1.165, 1.54) is 5.69 Å². The summed E-state index contributed by atoms with van der Waals surface area (Å²) in [5.41, 5.74) is 4.29. The number of hydrogen-bond donors (Lipinski definition) is 2. The van der Waals surface area contributed by atoms with Crippen LogP contribution in [0.4, 0.5) is 4.79 Å². The zero-order valence-electron chi connectivity index (χ0n) is 16.7. The van der Waals surface area contributed by atoms with Crippen molar-refractivity contribution in [2.75, 3.05) is 0 Å². The molecule has 2 N–H and O–H groups in total. The van der Waals surface area contributed by atoms with Crippen molar-refractivity contribution >= 4 is 29.0 Å². The van der Waals surface area contributed by atoms with Gasteiger partial charge in [0.15, 0.2) is 0 Å². The Kier molecular flexibility index (Phi) is 5.61. The first kappa shape index (κ1) is 19.9. The van der Waals surface area contributed by atoms with E-state index in [-0.39, 0.29) is 18.1 Å². The van der Waals surface area contributed by atoms with Gasteiger partial charge in [-0.2, -0.15) is 5.10 Å². The van der Waals surface area contributed by atoms with Crippen LogP contribution in [0.15, 0.2) is 30.5 Å². The molecule has 1 aromatic carbocycles. The number of aromatic nitrogens is 3. The Bertz CT molecular complexity index is 1030. The molecule has 1 aliphatic rings. The lowest BCUT2D eigenvalue weighted by molar-refractivity contribution is 0.232. The summed E-state index contributed by atoms with van der Waals surface area (Å²) < 4.78 is 1.91. The van der Waals surface area contributed by atoms with Gasteiger partial charge in [0.1, 0.15) is 5.01 Å². The zero-order valence-corrected chi connectivity index (χ0v) is 18.3. The topological polar surface area (TPSA) is 71.8 Å². The van der Waals surface area contributed by atoms with Crippen LogP contribution in [0.25, 0.3) is 10.6 Å². The number of carbonyl (C=O) groups is 1. The Balaban J connectivity index is 1.44. The molecule has 2 heterocycles. The summed E-state index contributed by atoms with van der Waals surface area (Å²) in [6, 6.07) is 7.35. The molecule has 0 aliphatic heterocycles. The molecule has 0 spiro atoms. The number of nitrogens with one attached hydrogen (secondary N) is 2. The average molecular weight is 430 g/mol. The Labute approximate surface area is 179 Å². The largest absolute Gasteiger partial charge is 0.331 e. The van der Waals surface area contributed by atoms with Crippen LogP contribution < -0.4 is 10.6 Å². The summed E-state index contributed by atoms with van der Waals surface area (Å²) in [5.74, 6) is 0. The fraction of sp³-hybridized carbons (Fsp3) is 0.381.